The number of benzene rings is 1. The third-order valence-electron chi connectivity index (χ3n) is 3.95. The van der Waals surface area contributed by atoms with Gasteiger partial charge < -0.3 is 0 Å². The molecule has 0 bridgehead atoms. The predicted octanol–water partition coefficient (Wildman–Crippen LogP) is 2.54. The summed E-state index contributed by atoms with van der Waals surface area (Å²) in [5, 5.41) is 0. The van der Waals surface area contributed by atoms with E-state index in [-0.39, 0.29) is 35.3 Å². The fraction of sp³-hybridized carbons (Fsp3) is 0.600. The molecule has 5 nitrogen and oxygen atoms in total. The monoisotopic (exact) mass is 399 g/mol. The minimum Gasteiger partial charge on any atom is -0.229 e. The van der Waals surface area contributed by atoms with Gasteiger partial charge in [0.25, 0.3) is 0 Å². The maximum absolute atomic E-state index is 12.9. The summed E-state index contributed by atoms with van der Waals surface area (Å²) >= 11 is 0. The van der Waals surface area contributed by atoms with Gasteiger partial charge in [-0.1, -0.05) is 13.8 Å². The Balaban J connectivity index is 2.38. The highest BCUT2D eigenvalue weighted by Crippen LogP contribution is 2.31. The summed E-state index contributed by atoms with van der Waals surface area (Å²) in [5.41, 5.74) is -0.940. The second-order valence-electron chi connectivity index (χ2n) is 6.55. The molecule has 0 aliphatic carbocycles. The van der Waals surface area contributed by atoms with E-state index in [1.165, 1.54) is 0 Å². The number of alkyl halides is 3. The van der Waals surface area contributed by atoms with Crippen molar-refractivity contribution in [2.75, 3.05) is 18.1 Å². The summed E-state index contributed by atoms with van der Waals surface area (Å²) in [4.78, 5) is -0.273. The molecule has 0 aromatic heterocycles. The summed E-state index contributed by atoms with van der Waals surface area (Å²) in [7, 11) is -7.39. The number of hydrogen-bond donors (Lipinski definition) is 0. The Hall–Kier alpha value is -1.13. The Kier molecular flexibility index (Phi) is 5.56. The third-order valence-corrected chi connectivity index (χ3v) is 7.63. The topological polar surface area (TPSA) is 71.5 Å². The number of nitrogens with zero attached hydrogens (tertiary/aromatic N) is 1. The molecule has 25 heavy (non-hydrogen) atoms. The SMILES string of the molecule is CC(C)CN(C1CCS(=O)(=O)C1)S(=O)(=O)c1ccc(C(F)(F)F)cc1. The largest absolute Gasteiger partial charge is 0.416 e. The third kappa shape index (κ3) is 4.73. The van der Waals surface area contributed by atoms with Crippen LogP contribution in [0.4, 0.5) is 13.2 Å². The molecule has 1 aromatic rings. The van der Waals surface area contributed by atoms with E-state index in [9.17, 15) is 30.0 Å². The summed E-state index contributed by atoms with van der Waals surface area (Å²) in [6, 6.07) is 2.56. The maximum Gasteiger partial charge on any atom is 0.416 e. The zero-order valence-electron chi connectivity index (χ0n) is 13.8. The van der Waals surface area contributed by atoms with Crippen LogP contribution in [0.15, 0.2) is 29.2 Å². The van der Waals surface area contributed by atoms with E-state index in [2.05, 4.69) is 0 Å². The van der Waals surface area contributed by atoms with E-state index in [1.807, 2.05) is 0 Å². The Morgan fingerprint density at radius 2 is 1.76 bits per heavy atom. The van der Waals surface area contributed by atoms with Gasteiger partial charge in [0.15, 0.2) is 9.84 Å². The van der Waals surface area contributed by atoms with E-state index in [4.69, 9.17) is 0 Å². The van der Waals surface area contributed by atoms with E-state index < -0.39 is 37.6 Å². The molecule has 0 spiro atoms. The van der Waals surface area contributed by atoms with E-state index >= 15 is 0 Å². The molecule has 1 atom stereocenters. The van der Waals surface area contributed by atoms with Crippen LogP contribution in [0, 0.1) is 5.92 Å². The second kappa shape index (κ2) is 6.88. The molecule has 1 heterocycles. The number of halogens is 3. The molecule has 1 aliphatic heterocycles. The first-order valence-electron chi connectivity index (χ1n) is 7.72. The van der Waals surface area contributed by atoms with Crippen LogP contribution in [0.5, 0.6) is 0 Å². The number of sulfonamides is 1. The van der Waals surface area contributed by atoms with Crippen LogP contribution >= 0.6 is 0 Å². The highest BCUT2D eigenvalue weighted by molar-refractivity contribution is 7.92. The Morgan fingerprint density at radius 3 is 2.16 bits per heavy atom. The zero-order chi connectivity index (χ0) is 19.0. The Morgan fingerprint density at radius 1 is 1.20 bits per heavy atom. The molecule has 0 radical (unpaired) electrons. The minimum absolute atomic E-state index is 0.0625. The lowest BCUT2D eigenvalue weighted by molar-refractivity contribution is -0.137. The summed E-state index contributed by atoms with van der Waals surface area (Å²) in [6.45, 7) is 3.68. The van der Waals surface area contributed by atoms with Crippen LogP contribution in [-0.4, -0.2) is 45.2 Å². The van der Waals surface area contributed by atoms with Crippen molar-refractivity contribution in [3.63, 3.8) is 0 Å². The van der Waals surface area contributed by atoms with Crippen molar-refractivity contribution in [3.8, 4) is 0 Å². The van der Waals surface area contributed by atoms with Crippen molar-refractivity contribution in [1.82, 2.24) is 4.31 Å². The molecule has 1 unspecified atom stereocenters. The van der Waals surface area contributed by atoms with E-state index in [1.54, 1.807) is 13.8 Å². The quantitative estimate of drug-likeness (QED) is 0.763. The second-order valence-corrected chi connectivity index (χ2v) is 10.7. The van der Waals surface area contributed by atoms with Crippen molar-refractivity contribution in [3.05, 3.63) is 29.8 Å². The predicted molar refractivity (Wildman–Crippen MR) is 87.2 cm³/mol. The first-order chi connectivity index (χ1) is 11.3. The lowest BCUT2D eigenvalue weighted by atomic mass is 10.2. The molecule has 0 amide bonds. The summed E-state index contributed by atoms with van der Waals surface area (Å²) < 4.78 is 88.2. The average Bonchev–Trinajstić information content (AvgIpc) is 2.83. The Bertz CT molecular complexity index is 815. The first kappa shape index (κ1) is 20.2. The van der Waals surface area contributed by atoms with Gasteiger partial charge in [0.1, 0.15) is 0 Å². The van der Waals surface area contributed by atoms with Gasteiger partial charge in [-0.3, -0.25) is 0 Å². The van der Waals surface area contributed by atoms with Gasteiger partial charge in [-0.05, 0) is 36.6 Å². The van der Waals surface area contributed by atoms with Crippen molar-refractivity contribution in [2.24, 2.45) is 5.92 Å². The molecule has 2 rings (SSSR count). The van der Waals surface area contributed by atoms with Crippen molar-refractivity contribution in [1.29, 1.82) is 0 Å². The number of rotatable bonds is 5. The van der Waals surface area contributed by atoms with Crippen LogP contribution in [0.2, 0.25) is 0 Å². The average molecular weight is 399 g/mol. The normalized spacial score (nSPS) is 21.2. The molecule has 0 N–H and O–H groups in total. The minimum atomic E-state index is -4.56. The smallest absolute Gasteiger partial charge is 0.229 e. The standard InChI is InChI=1S/C15H20F3NO4S2/c1-11(2)9-19(13-7-8-24(20,21)10-13)25(22,23)14-5-3-12(4-6-14)15(16,17)18/h3-6,11,13H,7-10H2,1-2H3. The lowest BCUT2D eigenvalue weighted by Gasteiger charge is -2.29. The maximum atomic E-state index is 12.9. The van der Waals surface area contributed by atoms with Gasteiger partial charge in [-0.15, -0.1) is 0 Å². The molecule has 10 heteroatoms. The highest BCUT2D eigenvalue weighted by atomic mass is 32.2. The molecule has 1 fully saturated rings. The van der Waals surface area contributed by atoms with Crippen LogP contribution < -0.4 is 0 Å². The van der Waals surface area contributed by atoms with Gasteiger partial charge in [-0.2, -0.15) is 17.5 Å². The van der Waals surface area contributed by atoms with E-state index in [0.29, 0.717) is 12.1 Å². The molecular formula is C15H20F3NO4S2. The summed E-state index contributed by atoms with van der Waals surface area (Å²) in [5.74, 6) is -0.415. The van der Waals surface area contributed by atoms with Crippen LogP contribution in [0.3, 0.4) is 0 Å². The highest BCUT2D eigenvalue weighted by Gasteiger charge is 2.39. The van der Waals surface area contributed by atoms with Crippen LogP contribution in [0.1, 0.15) is 25.8 Å². The molecule has 1 aromatic carbocycles. The summed E-state index contributed by atoms with van der Waals surface area (Å²) in [6.07, 6.45) is -4.37. The molecule has 142 valence electrons. The van der Waals surface area contributed by atoms with E-state index in [0.717, 1.165) is 16.4 Å². The van der Waals surface area contributed by atoms with Gasteiger partial charge >= 0.3 is 6.18 Å². The zero-order valence-corrected chi connectivity index (χ0v) is 15.5. The van der Waals surface area contributed by atoms with Gasteiger partial charge in [0, 0.05) is 12.6 Å². The molecular weight excluding hydrogens is 379 g/mol. The number of sulfone groups is 1. The van der Waals surface area contributed by atoms with Crippen molar-refractivity contribution >= 4 is 19.9 Å². The van der Waals surface area contributed by atoms with Gasteiger partial charge in [0.2, 0.25) is 10.0 Å². The van der Waals surface area contributed by atoms with Crippen molar-refractivity contribution in [2.45, 2.75) is 37.4 Å². The lowest BCUT2D eigenvalue weighted by Crippen LogP contribution is -2.43. The van der Waals surface area contributed by atoms with Crippen LogP contribution in [-0.2, 0) is 26.0 Å². The van der Waals surface area contributed by atoms with Gasteiger partial charge in [-0.25, -0.2) is 16.8 Å². The fourth-order valence-corrected chi connectivity index (χ4v) is 6.40. The molecule has 0 saturated carbocycles. The number of hydrogen-bond acceptors (Lipinski definition) is 4. The molecule has 1 saturated heterocycles. The van der Waals surface area contributed by atoms with Crippen molar-refractivity contribution < 1.29 is 30.0 Å². The first-order valence-corrected chi connectivity index (χ1v) is 11.0. The fourth-order valence-electron chi connectivity index (χ4n) is 2.76. The Labute approximate surface area is 145 Å². The van der Waals surface area contributed by atoms with Crippen LogP contribution in [0.25, 0.3) is 0 Å². The van der Waals surface area contributed by atoms with Gasteiger partial charge in [0.05, 0.1) is 22.0 Å². The molecule has 1 aliphatic rings.